The van der Waals surface area contributed by atoms with E-state index in [1.807, 2.05) is 12.1 Å². The summed E-state index contributed by atoms with van der Waals surface area (Å²) in [4.78, 5) is 9.56. The highest BCUT2D eigenvalue weighted by Crippen LogP contribution is 2.38. The number of amidine groups is 1. The van der Waals surface area contributed by atoms with Crippen LogP contribution >= 0.6 is 0 Å². The summed E-state index contributed by atoms with van der Waals surface area (Å²) in [5, 5.41) is 0. The van der Waals surface area contributed by atoms with Crippen molar-refractivity contribution < 1.29 is 9.13 Å². The maximum atomic E-state index is 13.6. The van der Waals surface area contributed by atoms with Crippen LogP contribution in [0.25, 0.3) is 0 Å². The van der Waals surface area contributed by atoms with Crippen molar-refractivity contribution in [2.24, 2.45) is 4.99 Å². The fourth-order valence-electron chi connectivity index (χ4n) is 4.81. The maximum Gasteiger partial charge on any atom is 0.288 e. The Morgan fingerprint density at radius 1 is 1.14 bits per heavy atom. The van der Waals surface area contributed by atoms with Gasteiger partial charge in [-0.05, 0) is 41.8 Å². The summed E-state index contributed by atoms with van der Waals surface area (Å²) in [6.07, 6.45) is 1.99. The van der Waals surface area contributed by atoms with E-state index in [9.17, 15) is 4.39 Å². The van der Waals surface area contributed by atoms with Crippen LogP contribution in [0.5, 0.6) is 0 Å². The number of fused-ring (bicyclic) bond motifs is 1. The van der Waals surface area contributed by atoms with Gasteiger partial charge in [0.05, 0.1) is 12.6 Å². The van der Waals surface area contributed by atoms with Gasteiger partial charge in [-0.25, -0.2) is 9.38 Å². The van der Waals surface area contributed by atoms with E-state index in [0.29, 0.717) is 0 Å². The number of rotatable bonds is 2. The van der Waals surface area contributed by atoms with Crippen LogP contribution in [0.2, 0.25) is 0 Å². The van der Waals surface area contributed by atoms with Gasteiger partial charge in [0, 0.05) is 26.1 Å². The van der Waals surface area contributed by atoms with Crippen molar-refractivity contribution in [3.63, 3.8) is 0 Å². The first kappa shape index (κ1) is 17.7. The molecule has 5 heteroatoms. The predicted molar refractivity (Wildman–Crippen MR) is 108 cm³/mol. The normalized spacial score (nSPS) is 27.0. The quantitative estimate of drug-likeness (QED) is 0.798. The second-order valence-electron chi connectivity index (χ2n) is 8.10. The van der Waals surface area contributed by atoms with Gasteiger partial charge in [0.25, 0.3) is 6.02 Å². The lowest BCUT2D eigenvalue weighted by molar-refractivity contribution is 0.0705. The summed E-state index contributed by atoms with van der Waals surface area (Å²) >= 11 is 0. The third kappa shape index (κ3) is 2.98. The number of benzene rings is 2. The van der Waals surface area contributed by atoms with Crippen LogP contribution < -0.4 is 0 Å². The van der Waals surface area contributed by atoms with Gasteiger partial charge in [-0.1, -0.05) is 43.3 Å². The van der Waals surface area contributed by atoms with Gasteiger partial charge >= 0.3 is 0 Å². The lowest BCUT2D eigenvalue weighted by Gasteiger charge is -2.39. The molecule has 0 unspecified atom stereocenters. The first-order valence-corrected chi connectivity index (χ1v) is 10.2. The van der Waals surface area contributed by atoms with Crippen molar-refractivity contribution in [2.75, 3.05) is 32.7 Å². The summed E-state index contributed by atoms with van der Waals surface area (Å²) < 4.78 is 20.1. The number of likely N-dealkylation sites (N-methyl/N-ethyl adjacent to an activating group) is 1. The van der Waals surface area contributed by atoms with Crippen molar-refractivity contribution in [3.05, 3.63) is 71.0 Å². The highest BCUT2D eigenvalue weighted by Gasteiger charge is 2.46. The van der Waals surface area contributed by atoms with Crippen molar-refractivity contribution in [1.29, 1.82) is 0 Å². The van der Waals surface area contributed by atoms with E-state index >= 15 is 0 Å². The average molecular weight is 379 g/mol. The first-order chi connectivity index (χ1) is 13.7. The Kier molecular flexibility index (Phi) is 4.35. The van der Waals surface area contributed by atoms with Crippen molar-refractivity contribution in [1.82, 2.24) is 9.80 Å². The fourth-order valence-corrected chi connectivity index (χ4v) is 4.81. The van der Waals surface area contributed by atoms with E-state index in [1.165, 1.54) is 11.1 Å². The molecule has 0 bridgehead atoms. The number of halogens is 1. The number of aliphatic imine (C=N–C) groups is 1. The molecule has 2 atom stereocenters. The van der Waals surface area contributed by atoms with Gasteiger partial charge in [-0.3, -0.25) is 4.90 Å². The third-order valence-corrected chi connectivity index (χ3v) is 6.37. The van der Waals surface area contributed by atoms with E-state index < -0.39 is 0 Å². The van der Waals surface area contributed by atoms with Crippen LogP contribution in [-0.4, -0.2) is 54.1 Å². The molecule has 1 spiro atoms. The van der Waals surface area contributed by atoms with E-state index in [1.54, 1.807) is 12.1 Å². The number of likely N-dealkylation sites (tertiary alicyclic amines) is 1. The molecule has 3 aliphatic rings. The molecule has 0 radical (unpaired) electrons. The van der Waals surface area contributed by atoms with Crippen molar-refractivity contribution in [3.8, 4) is 0 Å². The molecule has 3 aliphatic heterocycles. The molecule has 0 aromatic heterocycles. The predicted octanol–water partition coefficient (Wildman–Crippen LogP) is 3.62. The van der Waals surface area contributed by atoms with Crippen LogP contribution in [0.4, 0.5) is 4.39 Å². The Hall–Kier alpha value is -2.40. The Balaban J connectivity index is 1.48. The number of ether oxygens (including phenoxy) is 1. The number of hydrogen-bond donors (Lipinski definition) is 0. The topological polar surface area (TPSA) is 28.1 Å². The maximum absolute atomic E-state index is 13.6. The lowest BCUT2D eigenvalue weighted by atomic mass is 9.88. The minimum atomic E-state index is -0.210. The number of nitrogens with zero attached hydrogens (tertiary/aromatic N) is 3. The average Bonchev–Trinajstić information content (AvgIpc) is 3.34. The van der Waals surface area contributed by atoms with E-state index in [2.05, 4.69) is 41.0 Å². The molecule has 28 heavy (non-hydrogen) atoms. The molecule has 0 saturated carbocycles. The summed E-state index contributed by atoms with van der Waals surface area (Å²) in [6, 6.07) is 16.1. The first-order valence-electron chi connectivity index (χ1n) is 10.2. The van der Waals surface area contributed by atoms with Crippen LogP contribution in [0.15, 0.2) is 53.5 Å². The summed E-state index contributed by atoms with van der Waals surface area (Å²) in [5.41, 5.74) is 3.51. The van der Waals surface area contributed by atoms with Gasteiger partial charge in [0.1, 0.15) is 11.4 Å². The highest BCUT2D eigenvalue weighted by atomic mass is 19.1. The van der Waals surface area contributed by atoms with E-state index in [0.717, 1.165) is 57.2 Å². The van der Waals surface area contributed by atoms with Gasteiger partial charge in [-0.2, -0.15) is 0 Å². The van der Waals surface area contributed by atoms with Crippen molar-refractivity contribution >= 4 is 6.02 Å². The van der Waals surface area contributed by atoms with Gasteiger partial charge in [0.15, 0.2) is 0 Å². The van der Waals surface area contributed by atoms with Crippen molar-refractivity contribution in [2.45, 2.75) is 31.4 Å². The Labute approximate surface area is 165 Å². The van der Waals surface area contributed by atoms with E-state index in [-0.39, 0.29) is 17.5 Å². The monoisotopic (exact) mass is 379 g/mol. The molecule has 2 aromatic carbocycles. The molecule has 1 saturated heterocycles. The SMILES string of the molecule is CCN1CC[C@@]2(CN=C(N3CCc4ccccc4[C@@H]3c3ccc(F)cc3)O2)C1. The molecular formula is C23H26FN3O. The minimum absolute atomic E-state index is 0.00290. The zero-order chi connectivity index (χ0) is 19.1. The largest absolute Gasteiger partial charge is 0.455 e. The van der Waals surface area contributed by atoms with Crippen LogP contribution in [-0.2, 0) is 11.2 Å². The lowest BCUT2D eigenvalue weighted by Crippen LogP contribution is -2.44. The molecule has 3 heterocycles. The Morgan fingerprint density at radius 2 is 1.96 bits per heavy atom. The van der Waals surface area contributed by atoms with Gasteiger partial charge in [0.2, 0.25) is 0 Å². The summed E-state index contributed by atoms with van der Waals surface area (Å²) in [5.74, 6) is -0.210. The molecule has 4 nitrogen and oxygen atoms in total. The van der Waals surface area contributed by atoms with Crippen LogP contribution in [0.3, 0.4) is 0 Å². The molecule has 0 aliphatic carbocycles. The van der Waals surface area contributed by atoms with Crippen LogP contribution in [0.1, 0.15) is 36.1 Å². The summed E-state index contributed by atoms with van der Waals surface area (Å²) in [7, 11) is 0. The molecular weight excluding hydrogens is 353 g/mol. The van der Waals surface area contributed by atoms with Gasteiger partial charge < -0.3 is 9.64 Å². The second kappa shape index (κ2) is 6.89. The molecule has 1 fully saturated rings. The zero-order valence-electron chi connectivity index (χ0n) is 16.3. The molecule has 2 aromatic rings. The third-order valence-electron chi connectivity index (χ3n) is 6.37. The zero-order valence-corrected chi connectivity index (χ0v) is 16.3. The molecule has 146 valence electrons. The minimum Gasteiger partial charge on any atom is -0.455 e. The highest BCUT2D eigenvalue weighted by molar-refractivity contribution is 5.78. The smallest absolute Gasteiger partial charge is 0.288 e. The Bertz CT molecular complexity index is 897. The second-order valence-corrected chi connectivity index (χ2v) is 8.10. The molecule has 0 amide bonds. The van der Waals surface area contributed by atoms with Gasteiger partial charge in [-0.15, -0.1) is 0 Å². The number of hydrogen-bond acceptors (Lipinski definition) is 4. The molecule has 5 rings (SSSR count). The van der Waals surface area contributed by atoms with E-state index in [4.69, 9.17) is 9.73 Å². The van der Waals surface area contributed by atoms with Crippen LogP contribution in [0, 0.1) is 5.82 Å². The fraction of sp³-hybridized carbons (Fsp3) is 0.435. The molecule has 0 N–H and O–H groups in total. The summed E-state index contributed by atoms with van der Waals surface area (Å²) in [6.45, 7) is 6.85. The standard InChI is InChI=1S/C23H26FN3O/c1-2-26-14-12-23(16-26)15-25-22(28-23)27-13-11-17-5-3-4-6-20(17)21(27)18-7-9-19(24)10-8-18/h3-10,21H,2,11-16H2,1H3/t21-,23+/m0/s1. The Morgan fingerprint density at radius 3 is 2.75 bits per heavy atom.